The smallest absolute Gasteiger partial charge is 0.240 e. The Morgan fingerprint density at radius 2 is 1.21 bits per heavy atom. The molecule has 0 spiro atoms. The lowest BCUT2D eigenvalue weighted by molar-refractivity contribution is -0.122. The number of hydrogen-bond acceptors (Lipinski definition) is 5. The van der Waals surface area contributed by atoms with Gasteiger partial charge in [0, 0.05) is 25.7 Å². The minimum absolute atomic E-state index is 0.000295. The molecule has 2 N–H and O–H groups in total. The Labute approximate surface area is 163 Å². The summed E-state index contributed by atoms with van der Waals surface area (Å²) < 4.78 is 5.06. The number of carbonyl (C=O) groups is 2. The molecule has 4 rings (SSSR count). The third-order valence-electron chi connectivity index (χ3n) is 4.34. The van der Waals surface area contributed by atoms with Crippen molar-refractivity contribution in [3.63, 3.8) is 0 Å². The largest absolute Gasteiger partial charge is 0.497 e. The first-order chi connectivity index (χ1) is 13.7. The van der Waals surface area contributed by atoms with E-state index in [1.165, 1.54) is 0 Å². The van der Waals surface area contributed by atoms with Gasteiger partial charge in [0.2, 0.25) is 11.8 Å². The van der Waals surface area contributed by atoms with Gasteiger partial charge in [0.1, 0.15) is 5.75 Å². The van der Waals surface area contributed by atoms with E-state index in [1.807, 2.05) is 54.6 Å². The highest BCUT2D eigenvalue weighted by Crippen LogP contribution is 2.15. The van der Waals surface area contributed by atoms with Crippen molar-refractivity contribution >= 4 is 23.2 Å². The molecule has 2 heterocycles. The summed E-state index contributed by atoms with van der Waals surface area (Å²) in [6.07, 6.45) is 2.46. The Kier molecular flexibility index (Phi) is 6.51. The monoisotopic (exact) mass is 378 g/mol. The second-order valence-electron chi connectivity index (χ2n) is 6.28. The van der Waals surface area contributed by atoms with Crippen molar-refractivity contribution in [2.45, 2.75) is 25.7 Å². The van der Waals surface area contributed by atoms with Crippen molar-refractivity contribution < 1.29 is 14.3 Å². The summed E-state index contributed by atoms with van der Waals surface area (Å²) in [7, 11) is 1.63. The van der Waals surface area contributed by atoms with Gasteiger partial charge in [-0.25, -0.2) is 10.9 Å². The van der Waals surface area contributed by atoms with Crippen molar-refractivity contribution in [1.29, 1.82) is 0 Å². The van der Waals surface area contributed by atoms with Gasteiger partial charge in [0.25, 0.3) is 0 Å². The molecule has 0 bridgehead atoms. The van der Waals surface area contributed by atoms with Crippen LogP contribution in [-0.4, -0.2) is 30.3 Å². The normalized spacial score (nSPS) is 15.9. The highest BCUT2D eigenvalue weighted by Gasteiger charge is 2.13. The maximum absolute atomic E-state index is 10.9. The molecule has 0 aliphatic carbocycles. The SMILES string of the molecule is COc1ccc(C2=NNC(=O)CC2)cc1.O=C1CCC(c2ccccc2)=NN1. The zero-order valence-electron chi connectivity index (χ0n) is 15.6. The van der Waals surface area contributed by atoms with Crippen LogP contribution in [0.1, 0.15) is 36.8 Å². The average molecular weight is 378 g/mol. The summed E-state index contributed by atoms with van der Waals surface area (Å²) >= 11 is 0. The molecule has 0 saturated heterocycles. The molecule has 144 valence electrons. The summed E-state index contributed by atoms with van der Waals surface area (Å²) in [6.45, 7) is 0. The van der Waals surface area contributed by atoms with E-state index in [0.29, 0.717) is 19.3 Å². The Morgan fingerprint density at radius 3 is 1.64 bits per heavy atom. The van der Waals surface area contributed by atoms with Gasteiger partial charge in [-0.3, -0.25) is 9.59 Å². The Balaban J connectivity index is 0.000000162. The van der Waals surface area contributed by atoms with Crippen molar-refractivity contribution in [2.75, 3.05) is 7.11 Å². The lowest BCUT2D eigenvalue weighted by Crippen LogP contribution is -2.25. The van der Waals surface area contributed by atoms with E-state index < -0.39 is 0 Å². The fourth-order valence-electron chi connectivity index (χ4n) is 2.78. The molecular weight excluding hydrogens is 356 g/mol. The molecule has 0 fully saturated rings. The predicted octanol–water partition coefficient (Wildman–Crippen LogP) is 2.61. The number of ether oxygens (including phenoxy) is 1. The number of rotatable bonds is 3. The van der Waals surface area contributed by atoms with Gasteiger partial charge in [0.15, 0.2) is 0 Å². The molecule has 2 aliphatic rings. The number of amides is 2. The van der Waals surface area contributed by atoms with Gasteiger partial charge in [-0.1, -0.05) is 30.3 Å². The molecule has 2 aliphatic heterocycles. The van der Waals surface area contributed by atoms with Crippen molar-refractivity contribution in [3.05, 3.63) is 65.7 Å². The van der Waals surface area contributed by atoms with E-state index in [2.05, 4.69) is 21.1 Å². The van der Waals surface area contributed by atoms with Gasteiger partial charge in [-0.15, -0.1) is 0 Å². The minimum atomic E-state index is -0.0211. The van der Waals surface area contributed by atoms with E-state index in [4.69, 9.17) is 4.74 Å². The van der Waals surface area contributed by atoms with Crippen LogP contribution in [0.2, 0.25) is 0 Å². The lowest BCUT2D eigenvalue weighted by Gasteiger charge is -2.12. The number of hydrazone groups is 2. The van der Waals surface area contributed by atoms with Gasteiger partial charge in [-0.2, -0.15) is 10.2 Å². The third-order valence-corrected chi connectivity index (χ3v) is 4.34. The second-order valence-corrected chi connectivity index (χ2v) is 6.28. The fraction of sp³-hybridized carbons (Fsp3) is 0.238. The standard InChI is InChI=1S/C11H12N2O2.C10H10N2O/c1-15-9-4-2-8(3-5-9)10-6-7-11(14)13-12-10;13-10-7-6-9(11-12-10)8-4-2-1-3-5-8/h2-5H,6-7H2,1H3,(H,13,14);1-5H,6-7H2,(H,12,13). The maximum Gasteiger partial charge on any atom is 0.240 e. The number of benzene rings is 2. The third kappa shape index (κ3) is 5.26. The van der Waals surface area contributed by atoms with Crippen molar-refractivity contribution in [3.8, 4) is 5.75 Å². The van der Waals surface area contributed by atoms with Crippen LogP contribution >= 0.6 is 0 Å². The van der Waals surface area contributed by atoms with Crippen LogP contribution in [0.5, 0.6) is 5.75 Å². The zero-order chi connectivity index (χ0) is 19.8. The predicted molar refractivity (Wildman–Crippen MR) is 107 cm³/mol. The molecule has 28 heavy (non-hydrogen) atoms. The Hall–Kier alpha value is -3.48. The molecule has 0 aromatic heterocycles. The minimum Gasteiger partial charge on any atom is -0.497 e. The van der Waals surface area contributed by atoms with E-state index >= 15 is 0 Å². The summed E-state index contributed by atoms with van der Waals surface area (Å²) in [5.41, 5.74) is 8.94. The lowest BCUT2D eigenvalue weighted by atomic mass is 10.0. The molecule has 2 aromatic rings. The molecule has 0 unspecified atom stereocenters. The molecule has 7 nitrogen and oxygen atoms in total. The first-order valence-electron chi connectivity index (χ1n) is 9.06. The highest BCUT2D eigenvalue weighted by atomic mass is 16.5. The topological polar surface area (TPSA) is 92.1 Å². The molecule has 7 heteroatoms. The quantitative estimate of drug-likeness (QED) is 0.860. The number of carbonyl (C=O) groups excluding carboxylic acids is 2. The van der Waals surface area contributed by atoms with Crippen LogP contribution in [0.25, 0.3) is 0 Å². The molecule has 0 atom stereocenters. The zero-order valence-corrected chi connectivity index (χ0v) is 15.6. The van der Waals surface area contributed by atoms with Gasteiger partial charge in [-0.05, 0) is 35.4 Å². The van der Waals surface area contributed by atoms with Crippen LogP contribution in [0.4, 0.5) is 0 Å². The van der Waals surface area contributed by atoms with Crippen molar-refractivity contribution in [2.24, 2.45) is 10.2 Å². The second kappa shape index (κ2) is 9.45. The highest BCUT2D eigenvalue weighted by molar-refractivity contribution is 6.04. The van der Waals surface area contributed by atoms with E-state index in [0.717, 1.165) is 34.7 Å². The maximum atomic E-state index is 10.9. The number of nitrogens with zero attached hydrogens (tertiary/aromatic N) is 2. The molecular formula is C21H22N4O3. The van der Waals surface area contributed by atoms with Crippen LogP contribution < -0.4 is 15.6 Å². The van der Waals surface area contributed by atoms with Gasteiger partial charge >= 0.3 is 0 Å². The fourth-order valence-corrected chi connectivity index (χ4v) is 2.78. The first-order valence-corrected chi connectivity index (χ1v) is 9.06. The summed E-state index contributed by atoms with van der Waals surface area (Å²) in [5, 5.41) is 8.01. The van der Waals surface area contributed by atoms with Crippen LogP contribution in [-0.2, 0) is 9.59 Å². The average Bonchev–Trinajstić information content (AvgIpc) is 2.76. The summed E-state index contributed by atoms with van der Waals surface area (Å²) in [6, 6.07) is 17.5. The van der Waals surface area contributed by atoms with Crippen LogP contribution in [0, 0.1) is 0 Å². The summed E-state index contributed by atoms with van der Waals surface area (Å²) in [5.74, 6) is 0.797. The van der Waals surface area contributed by atoms with Crippen molar-refractivity contribution in [1.82, 2.24) is 10.9 Å². The number of nitrogens with one attached hydrogen (secondary N) is 2. The van der Waals surface area contributed by atoms with Crippen LogP contribution in [0.3, 0.4) is 0 Å². The van der Waals surface area contributed by atoms with Gasteiger partial charge < -0.3 is 4.74 Å². The van der Waals surface area contributed by atoms with Crippen LogP contribution in [0.15, 0.2) is 64.8 Å². The number of methoxy groups -OCH3 is 1. The molecule has 2 aromatic carbocycles. The molecule has 0 saturated carbocycles. The Morgan fingerprint density at radius 1 is 0.714 bits per heavy atom. The van der Waals surface area contributed by atoms with Gasteiger partial charge in [0.05, 0.1) is 18.5 Å². The summed E-state index contributed by atoms with van der Waals surface area (Å²) in [4.78, 5) is 21.7. The van der Waals surface area contributed by atoms with E-state index in [-0.39, 0.29) is 11.8 Å². The first kappa shape index (κ1) is 19.3. The Bertz CT molecular complexity index is 890. The molecule has 0 radical (unpaired) electrons. The molecule has 2 amide bonds. The van der Waals surface area contributed by atoms with E-state index in [1.54, 1.807) is 7.11 Å². The number of hydrogen-bond donors (Lipinski definition) is 2. The van der Waals surface area contributed by atoms with E-state index in [9.17, 15) is 9.59 Å².